The molecule has 1 heterocycles. The van der Waals surface area contributed by atoms with Gasteiger partial charge in [0, 0.05) is 19.8 Å². The van der Waals surface area contributed by atoms with Crippen LogP contribution in [-0.2, 0) is 5.33 Å². The van der Waals surface area contributed by atoms with Crippen LogP contribution in [0.5, 0.6) is 0 Å². The molecule has 0 spiro atoms. The summed E-state index contributed by atoms with van der Waals surface area (Å²) in [6, 6.07) is 6.38. The summed E-state index contributed by atoms with van der Waals surface area (Å²) in [7, 11) is 4.08. The summed E-state index contributed by atoms with van der Waals surface area (Å²) in [5.41, 5.74) is 2.29. The number of alkyl halides is 1. The summed E-state index contributed by atoms with van der Waals surface area (Å²) in [6.07, 6.45) is 0. The van der Waals surface area contributed by atoms with Crippen LogP contribution in [0.15, 0.2) is 18.2 Å². The average molecular weight is 271 g/mol. The molecule has 14 heavy (non-hydrogen) atoms. The second-order valence-corrected chi connectivity index (χ2v) is 4.96. The summed E-state index contributed by atoms with van der Waals surface area (Å²) in [5.74, 6) is 0. The van der Waals surface area contributed by atoms with Crippen LogP contribution >= 0.6 is 27.3 Å². The monoisotopic (exact) mass is 270 g/mol. The number of nitrogens with zero attached hydrogens (tertiary/aromatic N) is 2. The second-order valence-electron chi connectivity index (χ2n) is 3.29. The van der Waals surface area contributed by atoms with E-state index in [1.807, 2.05) is 14.1 Å². The Morgan fingerprint density at radius 1 is 1.43 bits per heavy atom. The number of anilines is 1. The van der Waals surface area contributed by atoms with Gasteiger partial charge >= 0.3 is 0 Å². The predicted octanol–water partition coefficient (Wildman–Crippen LogP) is 3.26. The van der Waals surface area contributed by atoms with Crippen LogP contribution in [0, 0.1) is 0 Å². The van der Waals surface area contributed by atoms with Gasteiger partial charge in [-0.25, -0.2) is 4.98 Å². The topological polar surface area (TPSA) is 16.1 Å². The lowest BCUT2D eigenvalue weighted by Gasteiger charge is -2.11. The van der Waals surface area contributed by atoms with E-state index < -0.39 is 0 Å². The Bertz CT molecular complexity index is 450. The van der Waals surface area contributed by atoms with E-state index in [-0.39, 0.29) is 0 Å². The van der Waals surface area contributed by atoms with Crippen molar-refractivity contribution in [2.24, 2.45) is 0 Å². The van der Waals surface area contributed by atoms with Gasteiger partial charge in [0.15, 0.2) is 0 Å². The number of hydrogen-bond acceptors (Lipinski definition) is 3. The summed E-state index contributed by atoms with van der Waals surface area (Å²) in [6.45, 7) is 0. The maximum Gasteiger partial charge on any atom is 0.104 e. The smallest absolute Gasteiger partial charge is 0.104 e. The van der Waals surface area contributed by atoms with Crippen LogP contribution in [-0.4, -0.2) is 19.1 Å². The highest BCUT2D eigenvalue weighted by molar-refractivity contribution is 9.08. The van der Waals surface area contributed by atoms with Crippen LogP contribution in [0.3, 0.4) is 0 Å². The van der Waals surface area contributed by atoms with Crippen LogP contribution in [0.4, 0.5) is 5.69 Å². The highest BCUT2D eigenvalue weighted by atomic mass is 79.9. The molecule has 0 aliphatic carbocycles. The van der Waals surface area contributed by atoms with Gasteiger partial charge in [0.1, 0.15) is 5.01 Å². The van der Waals surface area contributed by atoms with Gasteiger partial charge < -0.3 is 4.90 Å². The van der Waals surface area contributed by atoms with E-state index in [0.29, 0.717) is 0 Å². The van der Waals surface area contributed by atoms with Gasteiger partial charge in [0.05, 0.1) is 15.5 Å². The summed E-state index contributed by atoms with van der Waals surface area (Å²) in [5, 5.41) is 1.97. The molecule has 0 N–H and O–H groups in total. The van der Waals surface area contributed by atoms with E-state index in [4.69, 9.17) is 0 Å². The van der Waals surface area contributed by atoms with Crippen molar-refractivity contribution in [3.05, 3.63) is 23.2 Å². The average Bonchev–Trinajstić information content (AvgIpc) is 2.58. The van der Waals surface area contributed by atoms with Crippen LogP contribution in [0.25, 0.3) is 10.2 Å². The van der Waals surface area contributed by atoms with Crippen LogP contribution < -0.4 is 4.90 Å². The zero-order valence-corrected chi connectivity index (χ0v) is 10.5. The molecule has 0 saturated carbocycles. The van der Waals surface area contributed by atoms with Crippen molar-refractivity contribution in [1.29, 1.82) is 0 Å². The minimum absolute atomic E-state index is 0.837. The van der Waals surface area contributed by atoms with Crippen LogP contribution in [0.2, 0.25) is 0 Å². The second kappa shape index (κ2) is 3.87. The van der Waals surface area contributed by atoms with Crippen molar-refractivity contribution in [3.63, 3.8) is 0 Å². The van der Waals surface area contributed by atoms with Gasteiger partial charge in [0.2, 0.25) is 0 Å². The van der Waals surface area contributed by atoms with Gasteiger partial charge in [-0.05, 0) is 18.2 Å². The molecular formula is C10H11BrN2S. The lowest BCUT2D eigenvalue weighted by Crippen LogP contribution is -2.07. The molecule has 2 aromatic rings. The molecule has 0 atom stereocenters. The number of halogens is 1. The first-order valence-corrected chi connectivity index (χ1v) is 6.27. The van der Waals surface area contributed by atoms with Gasteiger partial charge in [-0.1, -0.05) is 15.9 Å². The SMILES string of the molecule is CN(C)c1ccc2sc(CBr)nc2c1. The fraction of sp³-hybridized carbons (Fsp3) is 0.300. The van der Waals surface area contributed by atoms with Crippen molar-refractivity contribution in [1.82, 2.24) is 4.98 Å². The molecule has 0 amide bonds. The van der Waals surface area contributed by atoms with E-state index >= 15 is 0 Å². The molecule has 0 radical (unpaired) electrons. The number of rotatable bonds is 2. The van der Waals surface area contributed by atoms with E-state index in [0.717, 1.165) is 15.9 Å². The molecule has 0 unspecified atom stereocenters. The Balaban J connectivity index is 2.54. The van der Waals surface area contributed by atoms with Crippen molar-refractivity contribution in [2.45, 2.75) is 5.33 Å². The minimum Gasteiger partial charge on any atom is -0.378 e. The fourth-order valence-electron chi connectivity index (χ4n) is 1.30. The quantitative estimate of drug-likeness (QED) is 0.779. The van der Waals surface area contributed by atoms with Crippen LogP contribution in [0.1, 0.15) is 5.01 Å². The molecule has 4 heteroatoms. The number of fused-ring (bicyclic) bond motifs is 1. The van der Waals surface area contributed by atoms with E-state index in [1.54, 1.807) is 11.3 Å². The lowest BCUT2D eigenvalue weighted by atomic mass is 10.3. The zero-order chi connectivity index (χ0) is 10.1. The number of hydrogen-bond donors (Lipinski definition) is 0. The zero-order valence-electron chi connectivity index (χ0n) is 8.12. The van der Waals surface area contributed by atoms with Gasteiger partial charge in [-0.15, -0.1) is 11.3 Å². The first kappa shape index (κ1) is 9.93. The molecule has 0 bridgehead atoms. The molecule has 0 aliphatic heterocycles. The van der Waals surface area contributed by atoms with Gasteiger partial charge in [0.25, 0.3) is 0 Å². The normalized spacial score (nSPS) is 10.8. The molecule has 1 aromatic heterocycles. The Labute approximate surface area is 95.7 Å². The number of aromatic nitrogens is 1. The molecule has 0 fully saturated rings. The van der Waals surface area contributed by atoms with E-state index in [2.05, 4.69) is 44.0 Å². The molecular weight excluding hydrogens is 260 g/mol. The minimum atomic E-state index is 0.837. The molecule has 0 aliphatic rings. The fourth-order valence-corrected chi connectivity index (χ4v) is 2.57. The third-order valence-corrected chi connectivity index (χ3v) is 3.98. The molecule has 2 nitrogen and oxygen atoms in total. The Hall–Kier alpha value is -0.610. The standard InChI is InChI=1S/C10H11BrN2S/c1-13(2)7-3-4-9-8(5-7)12-10(6-11)14-9/h3-5H,6H2,1-2H3. The largest absolute Gasteiger partial charge is 0.378 e. The van der Waals surface area contributed by atoms with E-state index in [9.17, 15) is 0 Å². The Morgan fingerprint density at radius 2 is 2.21 bits per heavy atom. The molecule has 74 valence electrons. The predicted molar refractivity (Wildman–Crippen MR) is 66.6 cm³/mol. The lowest BCUT2D eigenvalue weighted by molar-refractivity contribution is 1.13. The maximum absolute atomic E-state index is 4.52. The highest BCUT2D eigenvalue weighted by Gasteiger charge is 2.04. The number of thiazole rings is 1. The summed E-state index contributed by atoms with van der Waals surface area (Å²) < 4.78 is 1.25. The third-order valence-electron chi connectivity index (χ3n) is 2.05. The van der Waals surface area contributed by atoms with Crippen molar-refractivity contribution < 1.29 is 0 Å². The number of benzene rings is 1. The molecule has 0 saturated heterocycles. The molecule has 1 aromatic carbocycles. The van der Waals surface area contributed by atoms with Gasteiger partial charge in [-0.2, -0.15) is 0 Å². The molecule has 2 rings (SSSR count). The highest BCUT2D eigenvalue weighted by Crippen LogP contribution is 2.26. The third kappa shape index (κ3) is 1.77. The summed E-state index contributed by atoms with van der Waals surface area (Å²) >= 11 is 5.16. The first-order chi connectivity index (χ1) is 6.70. The van der Waals surface area contributed by atoms with Crippen molar-refractivity contribution >= 4 is 43.2 Å². The van der Waals surface area contributed by atoms with Crippen molar-refractivity contribution in [2.75, 3.05) is 19.0 Å². The van der Waals surface area contributed by atoms with Gasteiger partial charge in [-0.3, -0.25) is 0 Å². The van der Waals surface area contributed by atoms with Crippen molar-refractivity contribution in [3.8, 4) is 0 Å². The maximum atomic E-state index is 4.52. The Morgan fingerprint density at radius 3 is 2.86 bits per heavy atom. The first-order valence-electron chi connectivity index (χ1n) is 4.33. The van der Waals surface area contributed by atoms with E-state index in [1.165, 1.54) is 10.4 Å². The summed E-state index contributed by atoms with van der Waals surface area (Å²) in [4.78, 5) is 6.61. The Kier molecular flexibility index (Phi) is 2.74.